The summed E-state index contributed by atoms with van der Waals surface area (Å²) < 4.78 is 22.1. The van der Waals surface area contributed by atoms with Crippen LogP contribution in [0.3, 0.4) is 0 Å². The molecule has 0 saturated heterocycles. The Bertz CT molecular complexity index is 1900. The van der Waals surface area contributed by atoms with E-state index < -0.39 is 0 Å². The first-order chi connectivity index (χ1) is 24.2. The molecule has 0 fully saturated rings. The second-order valence-electron chi connectivity index (χ2n) is 9.16. The molecule has 0 saturated carbocycles. The molecule has 4 aromatic carbocycles. The Labute approximate surface area is 362 Å². The van der Waals surface area contributed by atoms with E-state index in [0.717, 1.165) is 16.8 Å². The molecule has 0 radical (unpaired) electrons. The Balaban J connectivity index is 0.000000393. The van der Waals surface area contributed by atoms with Crippen LogP contribution in [-0.4, -0.2) is 49.9 Å². The van der Waals surface area contributed by atoms with Gasteiger partial charge in [0.2, 0.25) is 0 Å². The number of anilines is 1. The van der Waals surface area contributed by atoms with E-state index in [1.165, 1.54) is 7.11 Å². The molecular formula is C33H31Cl2CsN8O7. The van der Waals surface area contributed by atoms with Crippen LogP contribution in [-0.2, 0) is 16.1 Å². The fourth-order valence-electron chi connectivity index (χ4n) is 3.88. The van der Waals surface area contributed by atoms with E-state index in [1.807, 2.05) is 30.3 Å². The van der Waals surface area contributed by atoms with Gasteiger partial charge >= 0.3 is 68.9 Å². The molecule has 0 atom stereocenters. The summed E-state index contributed by atoms with van der Waals surface area (Å²) in [5, 5.41) is 29.8. The zero-order valence-electron chi connectivity index (χ0n) is 28.2. The first kappa shape index (κ1) is 44.9. The minimum Gasteiger partial charge on any atom is -0.662 e. The van der Waals surface area contributed by atoms with Crippen molar-refractivity contribution < 1.29 is 103 Å². The summed E-state index contributed by atoms with van der Waals surface area (Å²) in [5.74, 6) is 2.81. The van der Waals surface area contributed by atoms with Crippen molar-refractivity contribution in [3.8, 4) is 46.0 Å². The molecule has 5 rings (SSSR count). The number of hydrogen-bond acceptors (Lipinski definition) is 12. The number of ether oxygens (including phenoxy) is 4. The van der Waals surface area contributed by atoms with E-state index in [9.17, 15) is 0 Å². The molecule has 2 N–H and O–H groups in total. The number of azide groups is 1. The summed E-state index contributed by atoms with van der Waals surface area (Å²) >= 11 is 11.5. The second kappa shape index (κ2) is 24.9. The molecule has 0 aliphatic carbocycles. The van der Waals surface area contributed by atoms with E-state index in [2.05, 4.69) is 31.3 Å². The summed E-state index contributed by atoms with van der Waals surface area (Å²) in [4.78, 5) is 13.9. The number of nitrogens with zero attached hydrogens (tertiary/aromatic N) is 7. The fraction of sp³-hybridized carbons (Fsp3) is 0.152. The van der Waals surface area contributed by atoms with Gasteiger partial charge in [0.15, 0.2) is 28.8 Å². The second-order valence-corrected chi connectivity index (χ2v) is 10.0. The predicted octanol–water partition coefficient (Wildman–Crippen LogP) is 3.68. The quantitative estimate of drug-likeness (QED) is 0.0564. The van der Waals surface area contributed by atoms with Gasteiger partial charge in [-0.1, -0.05) is 57.8 Å². The number of carbonyl (C=O) groups is 1. The number of carbonyl (C=O) groups excluding carboxylic acids is 1. The third-order valence-corrected chi connectivity index (χ3v) is 6.70. The van der Waals surface area contributed by atoms with Gasteiger partial charge in [0.1, 0.15) is 5.69 Å². The molecule has 51 heavy (non-hydrogen) atoms. The van der Waals surface area contributed by atoms with Gasteiger partial charge in [-0.15, -0.1) is 5.10 Å². The van der Waals surface area contributed by atoms with Crippen molar-refractivity contribution in [1.29, 1.82) is 5.26 Å². The average Bonchev–Trinajstić information content (AvgIpc) is 3.54. The van der Waals surface area contributed by atoms with Gasteiger partial charge in [0, 0.05) is 32.3 Å². The van der Waals surface area contributed by atoms with E-state index in [4.69, 9.17) is 68.7 Å². The number of hydrogen-bond donors (Lipinski definition) is 1. The topological polar surface area (TPSA) is 216 Å². The molecule has 5 aromatic rings. The Morgan fingerprint density at radius 3 is 1.88 bits per heavy atom. The number of rotatable bonds is 9. The van der Waals surface area contributed by atoms with Crippen LogP contribution in [0.2, 0.25) is 10.0 Å². The van der Waals surface area contributed by atoms with Crippen molar-refractivity contribution >= 4 is 41.2 Å². The summed E-state index contributed by atoms with van der Waals surface area (Å²) in [6.45, 7) is -0.181. The molecule has 0 bridgehead atoms. The summed E-state index contributed by atoms with van der Waals surface area (Å²) in [7, 11) is 6.23. The zero-order chi connectivity index (χ0) is 36.9. The minimum absolute atomic E-state index is 0. The van der Waals surface area contributed by atoms with Crippen LogP contribution in [0.1, 0.15) is 5.56 Å². The molecule has 1 aromatic heterocycles. The number of halogens is 2. The Kier molecular flexibility index (Phi) is 22.0. The molecule has 0 amide bonds. The monoisotopic (exact) mass is 854 g/mol. The van der Waals surface area contributed by atoms with Gasteiger partial charge in [0.05, 0.1) is 46.6 Å². The smallest absolute Gasteiger partial charge is 0.662 e. The number of nitriles is 1. The van der Waals surface area contributed by atoms with Crippen molar-refractivity contribution in [2.45, 2.75) is 6.42 Å². The van der Waals surface area contributed by atoms with Crippen LogP contribution in [0.4, 0.5) is 11.5 Å². The third kappa shape index (κ3) is 14.6. The molecule has 1 heterocycles. The van der Waals surface area contributed by atoms with Gasteiger partial charge in [-0.05, 0) is 65.7 Å². The summed E-state index contributed by atoms with van der Waals surface area (Å²) in [6.07, 6.45) is 0.456. The van der Waals surface area contributed by atoms with E-state index in [0.29, 0.717) is 56.7 Å². The Morgan fingerprint density at radius 2 is 1.39 bits per heavy atom. The van der Waals surface area contributed by atoms with Crippen molar-refractivity contribution in [2.24, 2.45) is 5.11 Å². The van der Waals surface area contributed by atoms with E-state index >= 15 is 0 Å². The van der Waals surface area contributed by atoms with Crippen molar-refractivity contribution in [2.75, 3.05) is 34.2 Å². The maximum Gasteiger partial charge on any atom is 1.00 e. The number of aromatic nitrogens is 3. The standard InChI is InChI=1S/C16H15ClN4O2.C8H6ClN.C8H9N3O2.CH2O3.Cs/c1-22-13-8-7-12(9-14(13)23-2)21-16(18)15(19-20-21)10-3-5-11(17)6-4-10;9-8-3-1-7(2-4-8)5-6-10;1-12-7-4-3-6(10-11-9)5-8(7)13-2;2-1-4-3;/h3-9H,18H2,1-2H3;1-4H,5H2;3-5H,1-2H3;1,3H;/q;;;;+1/p-1. The average molecular weight is 855 g/mol. The predicted molar refractivity (Wildman–Crippen MR) is 186 cm³/mol. The summed E-state index contributed by atoms with van der Waals surface area (Å²) in [5.41, 5.74) is 18.1. The molecule has 15 nitrogen and oxygen atoms in total. The van der Waals surface area contributed by atoms with Gasteiger partial charge in [-0.2, -0.15) is 9.94 Å². The van der Waals surface area contributed by atoms with E-state index in [-0.39, 0.29) is 75.4 Å². The number of nitrogen functional groups attached to an aromatic ring is 1. The van der Waals surface area contributed by atoms with Crippen LogP contribution in [0.15, 0.2) is 90.0 Å². The largest absolute Gasteiger partial charge is 1.00 e. The first-order valence-electron chi connectivity index (χ1n) is 14.0. The normalized spacial score (nSPS) is 9.14. The molecule has 18 heteroatoms. The maximum absolute atomic E-state index is 8.64. The van der Waals surface area contributed by atoms with Crippen LogP contribution >= 0.6 is 23.2 Å². The summed E-state index contributed by atoms with van der Waals surface area (Å²) in [6, 6.07) is 27.0. The van der Waals surface area contributed by atoms with Crippen LogP contribution in [0, 0.1) is 11.3 Å². The van der Waals surface area contributed by atoms with Gasteiger partial charge < -0.3 is 34.8 Å². The van der Waals surface area contributed by atoms with E-state index in [1.54, 1.807) is 80.6 Å². The maximum atomic E-state index is 8.64. The van der Waals surface area contributed by atoms with Crippen LogP contribution < -0.4 is 98.8 Å². The van der Waals surface area contributed by atoms with Gasteiger partial charge in [0.25, 0.3) is 6.47 Å². The Morgan fingerprint density at radius 1 is 0.882 bits per heavy atom. The van der Waals surface area contributed by atoms with Gasteiger partial charge in [-0.3, -0.25) is 4.79 Å². The van der Waals surface area contributed by atoms with Crippen molar-refractivity contribution in [3.05, 3.63) is 111 Å². The zero-order valence-corrected chi connectivity index (χ0v) is 36.0. The first-order valence-corrected chi connectivity index (χ1v) is 14.8. The van der Waals surface area contributed by atoms with Crippen LogP contribution in [0.5, 0.6) is 23.0 Å². The SMILES string of the molecule is COc1ccc(-n2nnc(-c3ccc(Cl)cc3)c2N)cc1OC.COc1ccc(N=[N+]=[N-])cc1OC.N#CCc1ccc(Cl)cc1.O=CO[O-].[Cs+]. The fourth-order valence-corrected chi connectivity index (χ4v) is 4.13. The number of nitrogens with two attached hydrogens (primary N) is 1. The molecular weight excluding hydrogens is 824 g/mol. The third-order valence-electron chi connectivity index (χ3n) is 6.20. The molecule has 0 aliphatic rings. The molecule has 0 unspecified atom stereocenters. The minimum atomic E-state index is -0.181. The van der Waals surface area contributed by atoms with Crippen LogP contribution in [0.25, 0.3) is 27.4 Å². The number of benzene rings is 4. The van der Waals surface area contributed by atoms with Crippen molar-refractivity contribution in [1.82, 2.24) is 15.0 Å². The number of methoxy groups -OCH3 is 4. The van der Waals surface area contributed by atoms with Crippen molar-refractivity contribution in [3.63, 3.8) is 0 Å². The molecule has 0 spiro atoms. The Hall–Kier alpha value is -4.12. The molecule has 260 valence electrons. The van der Waals surface area contributed by atoms with Gasteiger partial charge in [-0.25, -0.2) is 0 Å². The molecule has 0 aliphatic heterocycles.